The number of carbonyl (C=O) groups excluding carboxylic acids is 3. The molecule has 0 aromatic heterocycles. The van der Waals surface area contributed by atoms with Gasteiger partial charge in [-0.25, -0.2) is 0 Å². The second-order valence-corrected chi connectivity index (χ2v) is 4.39. The predicted molar refractivity (Wildman–Crippen MR) is 71.2 cm³/mol. The summed E-state index contributed by atoms with van der Waals surface area (Å²) in [5, 5.41) is 2.95. The summed E-state index contributed by atoms with van der Waals surface area (Å²) in [6.45, 7) is 1.57. The summed E-state index contributed by atoms with van der Waals surface area (Å²) in [5.74, 6) is -1.09. The number of allylic oxidation sites excluding steroid dienone is 2. The molecule has 1 amide bonds. The molecule has 6 nitrogen and oxygen atoms in total. The molecule has 1 aromatic carbocycles. The maximum Gasteiger partial charge on any atom is 0.219 e. The fraction of sp³-hybridized carbons (Fsp3) is 0.214. The van der Waals surface area contributed by atoms with Gasteiger partial charge in [0.15, 0.2) is 11.6 Å². The summed E-state index contributed by atoms with van der Waals surface area (Å²) in [6, 6.07) is 6.60. The molecule has 6 heteroatoms. The van der Waals surface area contributed by atoms with E-state index in [4.69, 9.17) is 5.53 Å². The van der Waals surface area contributed by atoms with Crippen LogP contribution in [0, 0.1) is 0 Å². The van der Waals surface area contributed by atoms with E-state index in [0.29, 0.717) is 22.3 Å². The highest BCUT2D eigenvalue weighted by Crippen LogP contribution is 2.28. The van der Waals surface area contributed by atoms with Crippen molar-refractivity contribution in [2.45, 2.75) is 19.8 Å². The maximum absolute atomic E-state index is 12.3. The fourth-order valence-electron chi connectivity index (χ4n) is 2.18. The minimum absolute atomic E-state index is 0.0854. The highest BCUT2D eigenvalue weighted by atomic mass is 16.2. The molecule has 0 bridgehead atoms. The van der Waals surface area contributed by atoms with Gasteiger partial charge in [0.25, 0.3) is 0 Å². The van der Waals surface area contributed by atoms with Crippen LogP contribution in [0.4, 0.5) is 0 Å². The molecule has 0 saturated carbocycles. The fourth-order valence-corrected chi connectivity index (χ4v) is 2.18. The predicted octanol–water partition coefficient (Wildman–Crippen LogP) is 3.00. The van der Waals surface area contributed by atoms with Gasteiger partial charge in [0.05, 0.1) is 0 Å². The zero-order valence-corrected chi connectivity index (χ0v) is 10.8. The highest BCUT2D eigenvalue weighted by Gasteiger charge is 2.29. The van der Waals surface area contributed by atoms with Crippen molar-refractivity contribution in [3.05, 3.63) is 57.0 Å². The van der Waals surface area contributed by atoms with Gasteiger partial charge in [-0.3, -0.25) is 14.4 Å². The molecule has 100 valence electrons. The van der Waals surface area contributed by atoms with Gasteiger partial charge >= 0.3 is 0 Å². The third-order valence-corrected chi connectivity index (χ3v) is 3.23. The molecule has 0 unspecified atom stereocenters. The molecule has 0 aliphatic heterocycles. The summed E-state index contributed by atoms with van der Waals surface area (Å²) in [4.78, 5) is 38.1. The summed E-state index contributed by atoms with van der Waals surface area (Å²) in [7, 11) is 0. The number of rotatable bonds is 3. The molecule has 0 heterocycles. The van der Waals surface area contributed by atoms with Crippen LogP contribution in [0.15, 0.2) is 40.5 Å². The quantitative estimate of drug-likeness (QED) is 0.479. The number of amides is 1. The average molecular weight is 269 g/mol. The molecular weight excluding hydrogens is 258 g/mol. The Morgan fingerprint density at radius 1 is 1.20 bits per heavy atom. The van der Waals surface area contributed by atoms with E-state index in [0.717, 1.165) is 0 Å². The van der Waals surface area contributed by atoms with Crippen LogP contribution in [0.2, 0.25) is 0 Å². The molecule has 2 rings (SSSR count). The van der Waals surface area contributed by atoms with Crippen molar-refractivity contribution >= 4 is 17.5 Å². The van der Waals surface area contributed by atoms with Crippen LogP contribution >= 0.6 is 0 Å². The lowest BCUT2D eigenvalue weighted by atomic mass is 9.83. The van der Waals surface area contributed by atoms with E-state index in [1.807, 2.05) is 0 Å². The molecule has 1 aliphatic carbocycles. The van der Waals surface area contributed by atoms with E-state index in [2.05, 4.69) is 10.0 Å². The SMILES string of the molecule is CC1=C(CCC(=O)N=[N+]=[N-])C(=O)c2ccccc2C1=O. The van der Waals surface area contributed by atoms with Crippen molar-refractivity contribution < 1.29 is 14.4 Å². The van der Waals surface area contributed by atoms with Crippen LogP contribution in [-0.2, 0) is 4.79 Å². The summed E-state index contributed by atoms with van der Waals surface area (Å²) >= 11 is 0. The lowest BCUT2D eigenvalue weighted by Crippen LogP contribution is -2.21. The van der Waals surface area contributed by atoms with Crippen molar-refractivity contribution in [3.63, 3.8) is 0 Å². The Labute approximate surface area is 114 Å². The van der Waals surface area contributed by atoms with E-state index in [-0.39, 0.29) is 24.4 Å². The number of carbonyl (C=O) groups is 3. The molecule has 1 aliphatic rings. The first-order valence-corrected chi connectivity index (χ1v) is 6.02. The Morgan fingerprint density at radius 3 is 2.40 bits per heavy atom. The highest BCUT2D eigenvalue weighted by molar-refractivity contribution is 6.26. The summed E-state index contributed by atoms with van der Waals surface area (Å²) < 4.78 is 0. The van der Waals surface area contributed by atoms with E-state index in [1.54, 1.807) is 31.2 Å². The molecule has 0 saturated heterocycles. The lowest BCUT2D eigenvalue weighted by molar-refractivity contribution is -0.117. The van der Waals surface area contributed by atoms with Gasteiger partial charge in [-0.1, -0.05) is 24.3 Å². The number of ketones is 2. The minimum atomic E-state index is -0.646. The molecular formula is C14H11N3O3. The molecule has 0 fully saturated rings. The van der Waals surface area contributed by atoms with Crippen LogP contribution in [0.5, 0.6) is 0 Å². The summed E-state index contributed by atoms with van der Waals surface area (Å²) in [6.07, 6.45) is 0.0144. The molecule has 0 atom stereocenters. The van der Waals surface area contributed by atoms with Crippen molar-refractivity contribution in [1.29, 1.82) is 0 Å². The molecule has 0 radical (unpaired) electrons. The van der Waals surface area contributed by atoms with Gasteiger partial charge in [-0.15, -0.1) is 0 Å². The number of Topliss-reactive ketones (excluding diaryl/α,β-unsaturated/α-hetero) is 2. The van der Waals surface area contributed by atoms with Gasteiger partial charge in [-0.2, -0.15) is 0 Å². The Balaban J connectivity index is 2.32. The van der Waals surface area contributed by atoms with Crippen LogP contribution in [0.1, 0.15) is 40.5 Å². The summed E-state index contributed by atoms with van der Waals surface area (Å²) in [5.41, 5.74) is 9.56. The van der Waals surface area contributed by atoms with Crippen LogP contribution in [0.25, 0.3) is 10.4 Å². The van der Waals surface area contributed by atoms with Gasteiger partial charge in [0.2, 0.25) is 5.91 Å². The number of hydrogen-bond donors (Lipinski definition) is 0. The second kappa shape index (κ2) is 5.50. The lowest BCUT2D eigenvalue weighted by Gasteiger charge is -2.18. The van der Waals surface area contributed by atoms with Gasteiger partial charge in [0, 0.05) is 33.6 Å². The molecule has 1 aromatic rings. The van der Waals surface area contributed by atoms with Crippen LogP contribution in [-0.4, -0.2) is 17.5 Å². The van der Waals surface area contributed by atoms with Gasteiger partial charge in [-0.05, 0) is 24.0 Å². The minimum Gasteiger partial charge on any atom is -0.293 e. The van der Waals surface area contributed by atoms with Crippen molar-refractivity contribution in [3.8, 4) is 0 Å². The third kappa shape index (κ3) is 2.37. The standard InChI is InChI=1S/C14H11N3O3/c1-8-9(6-7-12(18)16-17-15)14(20)11-5-3-2-4-10(11)13(8)19/h2-5H,6-7H2,1H3. The smallest absolute Gasteiger partial charge is 0.219 e. The number of hydrogen-bond acceptors (Lipinski definition) is 3. The largest absolute Gasteiger partial charge is 0.293 e. The van der Waals surface area contributed by atoms with Gasteiger partial charge < -0.3 is 0 Å². The third-order valence-electron chi connectivity index (χ3n) is 3.23. The first kappa shape index (κ1) is 13.7. The Morgan fingerprint density at radius 2 is 1.80 bits per heavy atom. The van der Waals surface area contributed by atoms with Gasteiger partial charge in [0.1, 0.15) is 0 Å². The van der Waals surface area contributed by atoms with Crippen LogP contribution < -0.4 is 0 Å². The number of nitrogens with zero attached hydrogens (tertiary/aromatic N) is 3. The number of benzene rings is 1. The topological polar surface area (TPSA) is 100.0 Å². The van der Waals surface area contributed by atoms with Crippen LogP contribution in [0.3, 0.4) is 0 Å². The Bertz CT molecular complexity index is 697. The zero-order chi connectivity index (χ0) is 14.7. The zero-order valence-electron chi connectivity index (χ0n) is 10.8. The average Bonchev–Trinajstić information content (AvgIpc) is 2.45. The van der Waals surface area contributed by atoms with E-state index in [9.17, 15) is 14.4 Å². The Hall–Kier alpha value is -2.72. The van der Waals surface area contributed by atoms with E-state index >= 15 is 0 Å². The molecule has 20 heavy (non-hydrogen) atoms. The van der Waals surface area contributed by atoms with E-state index < -0.39 is 5.91 Å². The number of fused-ring (bicyclic) bond motifs is 1. The number of azide groups is 1. The van der Waals surface area contributed by atoms with E-state index in [1.165, 1.54) is 0 Å². The first-order valence-electron chi connectivity index (χ1n) is 6.02. The Kier molecular flexibility index (Phi) is 3.77. The van der Waals surface area contributed by atoms with Crippen molar-refractivity contribution in [2.75, 3.05) is 0 Å². The normalized spacial score (nSPS) is 13.8. The van der Waals surface area contributed by atoms with Crippen molar-refractivity contribution in [1.82, 2.24) is 0 Å². The first-order chi connectivity index (χ1) is 9.56. The van der Waals surface area contributed by atoms with Crippen molar-refractivity contribution in [2.24, 2.45) is 5.11 Å². The molecule has 0 N–H and O–H groups in total. The maximum atomic E-state index is 12.3. The molecule has 0 spiro atoms. The monoisotopic (exact) mass is 269 g/mol. The second-order valence-electron chi connectivity index (χ2n) is 4.39.